The minimum Gasteiger partial charge on any atom is -0.344 e. The highest BCUT2D eigenvalue weighted by Crippen LogP contribution is 2.32. The number of carbonyl (C=O) groups is 3. The van der Waals surface area contributed by atoms with E-state index in [1.807, 2.05) is 36.4 Å². The van der Waals surface area contributed by atoms with Gasteiger partial charge in [-0.1, -0.05) is 60.7 Å². The van der Waals surface area contributed by atoms with Crippen molar-refractivity contribution in [2.45, 2.75) is 31.7 Å². The summed E-state index contributed by atoms with van der Waals surface area (Å²) < 4.78 is 53.2. The van der Waals surface area contributed by atoms with Crippen LogP contribution in [0.25, 0.3) is 0 Å². The molecule has 2 N–H and O–H groups in total. The van der Waals surface area contributed by atoms with E-state index in [1.165, 1.54) is 11.8 Å². The molecule has 0 fully saturated rings. The van der Waals surface area contributed by atoms with Gasteiger partial charge in [0.25, 0.3) is 5.91 Å². The second-order valence-electron chi connectivity index (χ2n) is 8.91. The fourth-order valence-electron chi connectivity index (χ4n) is 4.17. The van der Waals surface area contributed by atoms with Gasteiger partial charge in [-0.05, 0) is 24.6 Å². The Bertz CT molecular complexity index is 1440. The number of benzodiazepines with no additional fused rings is 1. The van der Waals surface area contributed by atoms with Gasteiger partial charge in [0.1, 0.15) is 11.9 Å². The van der Waals surface area contributed by atoms with Crippen LogP contribution in [0.1, 0.15) is 29.2 Å². The Kier molecular flexibility index (Phi) is 7.80. The van der Waals surface area contributed by atoms with Crippen molar-refractivity contribution in [2.75, 3.05) is 11.9 Å². The molecule has 11 heteroatoms. The molecule has 1 aliphatic heterocycles. The number of anilines is 1. The summed E-state index contributed by atoms with van der Waals surface area (Å²) in [5.41, 5.74) is 0.516. The van der Waals surface area contributed by atoms with E-state index in [-0.39, 0.29) is 0 Å². The van der Waals surface area contributed by atoms with Gasteiger partial charge in [-0.25, -0.2) is 9.38 Å². The van der Waals surface area contributed by atoms with E-state index in [1.54, 1.807) is 25.2 Å². The van der Waals surface area contributed by atoms with Gasteiger partial charge >= 0.3 is 6.18 Å². The SMILES string of the molecule is CC(NC(=O)Cc1cccc(C(F)(F)F)c1F)C(=O)N[C@H]1N=C(c2ccccc2)c2ccccc2N(C)C1=O. The number of rotatable bonds is 6. The molecule has 3 aromatic rings. The zero-order valence-electron chi connectivity index (χ0n) is 20.9. The molecule has 2 atom stereocenters. The first-order valence-electron chi connectivity index (χ1n) is 11.9. The summed E-state index contributed by atoms with van der Waals surface area (Å²) in [7, 11) is 1.55. The molecule has 0 aromatic heterocycles. The molecule has 7 nitrogen and oxygen atoms in total. The molecule has 0 saturated carbocycles. The van der Waals surface area contributed by atoms with Gasteiger partial charge in [0.05, 0.1) is 23.4 Å². The van der Waals surface area contributed by atoms with Gasteiger partial charge in [0, 0.05) is 18.2 Å². The molecule has 0 saturated heterocycles. The number of benzene rings is 3. The van der Waals surface area contributed by atoms with Crippen molar-refractivity contribution in [1.29, 1.82) is 0 Å². The highest BCUT2D eigenvalue weighted by Gasteiger charge is 2.35. The van der Waals surface area contributed by atoms with E-state index in [9.17, 15) is 31.9 Å². The van der Waals surface area contributed by atoms with Crippen LogP contribution in [0.2, 0.25) is 0 Å². The predicted octanol–water partition coefficient (Wildman–Crippen LogP) is 3.85. The monoisotopic (exact) mass is 540 g/mol. The quantitative estimate of drug-likeness (QED) is 0.466. The molecule has 1 unspecified atom stereocenters. The van der Waals surface area contributed by atoms with Crippen molar-refractivity contribution >= 4 is 29.1 Å². The van der Waals surface area contributed by atoms with E-state index >= 15 is 0 Å². The first kappa shape index (κ1) is 27.5. The third-order valence-electron chi connectivity index (χ3n) is 6.18. The van der Waals surface area contributed by atoms with Crippen LogP contribution in [0.15, 0.2) is 77.8 Å². The maximum Gasteiger partial charge on any atom is 0.419 e. The third kappa shape index (κ3) is 5.97. The second-order valence-corrected chi connectivity index (χ2v) is 8.91. The number of carbonyl (C=O) groups excluding carboxylic acids is 3. The summed E-state index contributed by atoms with van der Waals surface area (Å²) in [5.74, 6) is -3.71. The zero-order valence-corrected chi connectivity index (χ0v) is 20.9. The third-order valence-corrected chi connectivity index (χ3v) is 6.18. The van der Waals surface area contributed by atoms with Gasteiger partial charge in [-0.3, -0.25) is 14.4 Å². The summed E-state index contributed by atoms with van der Waals surface area (Å²) in [6, 6.07) is 17.7. The molecule has 4 rings (SSSR count). The predicted molar refractivity (Wildman–Crippen MR) is 137 cm³/mol. The molecule has 3 aromatic carbocycles. The van der Waals surface area contributed by atoms with Crippen LogP contribution >= 0.6 is 0 Å². The maximum atomic E-state index is 14.3. The Hall–Kier alpha value is -4.54. The first-order chi connectivity index (χ1) is 18.5. The van der Waals surface area contributed by atoms with E-state index in [2.05, 4.69) is 15.6 Å². The number of para-hydroxylation sites is 1. The number of amides is 3. The number of likely N-dealkylation sites (N-methyl/N-ethyl adjacent to an activating group) is 1. The lowest BCUT2D eigenvalue weighted by atomic mass is 10.0. The normalized spacial score (nSPS) is 16.1. The van der Waals surface area contributed by atoms with Crippen molar-refractivity contribution in [3.8, 4) is 0 Å². The summed E-state index contributed by atoms with van der Waals surface area (Å²) in [4.78, 5) is 44.6. The smallest absolute Gasteiger partial charge is 0.344 e. The van der Waals surface area contributed by atoms with Crippen LogP contribution in [0, 0.1) is 5.82 Å². The van der Waals surface area contributed by atoms with Crippen molar-refractivity contribution in [2.24, 2.45) is 4.99 Å². The number of hydrogen-bond donors (Lipinski definition) is 2. The number of hydrogen-bond acceptors (Lipinski definition) is 4. The summed E-state index contributed by atoms with van der Waals surface area (Å²) in [6.07, 6.45) is -6.96. The number of nitrogens with one attached hydrogen (secondary N) is 2. The lowest BCUT2D eigenvalue weighted by Crippen LogP contribution is -2.52. The maximum absolute atomic E-state index is 14.3. The molecule has 1 aliphatic rings. The molecular weight excluding hydrogens is 516 g/mol. The fourth-order valence-corrected chi connectivity index (χ4v) is 4.17. The topological polar surface area (TPSA) is 90.9 Å². The Balaban J connectivity index is 1.52. The average Bonchev–Trinajstić information content (AvgIpc) is 3.00. The van der Waals surface area contributed by atoms with Crippen molar-refractivity contribution < 1.29 is 31.9 Å². The average molecular weight is 541 g/mol. The largest absolute Gasteiger partial charge is 0.419 e. The minimum atomic E-state index is -4.92. The molecule has 0 aliphatic carbocycles. The molecule has 202 valence electrons. The molecular formula is C28H24F4N4O3. The molecule has 39 heavy (non-hydrogen) atoms. The molecule has 1 heterocycles. The minimum absolute atomic E-state index is 0.467. The van der Waals surface area contributed by atoms with Gasteiger partial charge in [0.15, 0.2) is 0 Å². The van der Waals surface area contributed by atoms with Gasteiger partial charge in [0.2, 0.25) is 18.0 Å². The number of halogens is 4. The Morgan fingerprint density at radius 2 is 1.67 bits per heavy atom. The van der Waals surface area contributed by atoms with Crippen molar-refractivity contribution in [1.82, 2.24) is 10.6 Å². The van der Waals surface area contributed by atoms with Gasteiger partial charge < -0.3 is 15.5 Å². The number of alkyl halides is 3. The second kappa shape index (κ2) is 11.1. The standard InChI is InChI=1S/C28H24F4N4O3/c1-16(33-22(37)15-18-11-8-13-20(23(18)29)28(30,31)32)26(38)35-25-27(39)36(2)21-14-7-6-12-19(21)24(34-25)17-9-4-3-5-10-17/h3-14,16,25H,15H2,1-2H3,(H,33,37)(H,35,38)/t16?,25-/m1/s1. The van der Waals surface area contributed by atoms with Crippen LogP contribution in [0.3, 0.4) is 0 Å². The summed E-state index contributed by atoms with van der Waals surface area (Å²) in [5, 5.41) is 4.86. The van der Waals surface area contributed by atoms with E-state index in [0.29, 0.717) is 23.0 Å². The van der Waals surface area contributed by atoms with E-state index in [4.69, 9.17) is 0 Å². The molecule has 0 spiro atoms. The summed E-state index contributed by atoms with van der Waals surface area (Å²) >= 11 is 0. The van der Waals surface area contributed by atoms with Crippen LogP contribution < -0.4 is 15.5 Å². The first-order valence-corrected chi connectivity index (χ1v) is 11.9. The number of nitrogens with zero attached hydrogens (tertiary/aromatic N) is 2. The van der Waals surface area contributed by atoms with Crippen molar-refractivity contribution in [3.05, 3.63) is 101 Å². The van der Waals surface area contributed by atoms with Crippen LogP contribution in [0.4, 0.5) is 23.2 Å². The summed E-state index contributed by atoms with van der Waals surface area (Å²) in [6.45, 7) is 1.33. The lowest BCUT2D eigenvalue weighted by molar-refractivity contribution is -0.140. The molecule has 0 radical (unpaired) electrons. The van der Waals surface area contributed by atoms with E-state index < -0.39 is 59.5 Å². The van der Waals surface area contributed by atoms with Crippen LogP contribution in [-0.4, -0.2) is 42.7 Å². The molecule has 3 amide bonds. The number of aliphatic imine (C=N–C) groups is 1. The highest BCUT2D eigenvalue weighted by atomic mass is 19.4. The highest BCUT2D eigenvalue weighted by molar-refractivity contribution is 6.20. The van der Waals surface area contributed by atoms with Crippen LogP contribution in [-0.2, 0) is 27.0 Å². The fraction of sp³-hybridized carbons (Fsp3) is 0.214. The Labute approximate surface area is 221 Å². The lowest BCUT2D eigenvalue weighted by Gasteiger charge is -2.22. The van der Waals surface area contributed by atoms with E-state index in [0.717, 1.165) is 17.7 Å². The van der Waals surface area contributed by atoms with Gasteiger partial charge in [-0.2, -0.15) is 13.2 Å². The van der Waals surface area contributed by atoms with Crippen molar-refractivity contribution in [3.63, 3.8) is 0 Å². The number of fused-ring (bicyclic) bond motifs is 1. The Morgan fingerprint density at radius 3 is 2.36 bits per heavy atom. The van der Waals surface area contributed by atoms with Crippen LogP contribution in [0.5, 0.6) is 0 Å². The Morgan fingerprint density at radius 1 is 1.00 bits per heavy atom. The van der Waals surface area contributed by atoms with Gasteiger partial charge in [-0.15, -0.1) is 0 Å². The molecule has 0 bridgehead atoms. The zero-order chi connectivity index (χ0) is 28.3.